The molecule has 4 nitrogen and oxygen atoms in total. The van der Waals surface area contributed by atoms with Gasteiger partial charge in [0.25, 0.3) is 0 Å². The average Bonchev–Trinajstić information content (AvgIpc) is 2.15. The first-order chi connectivity index (χ1) is 7.36. The van der Waals surface area contributed by atoms with Crippen LogP contribution in [-0.4, -0.2) is 21.7 Å². The summed E-state index contributed by atoms with van der Waals surface area (Å²) >= 11 is 0. The van der Waals surface area contributed by atoms with Crippen molar-refractivity contribution in [2.45, 2.75) is 4.90 Å². The van der Waals surface area contributed by atoms with Crippen LogP contribution in [0.25, 0.3) is 0 Å². The highest BCUT2D eigenvalue weighted by molar-refractivity contribution is 7.89. The third kappa shape index (κ3) is 2.86. The zero-order valence-electron chi connectivity index (χ0n) is 7.91. The molecule has 0 unspecified atom stereocenters. The summed E-state index contributed by atoms with van der Waals surface area (Å²) in [5.41, 5.74) is 0. The topological polar surface area (TPSA) is 69.4 Å². The Morgan fingerprint density at radius 3 is 2.12 bits per heavy atom. The SMILES string of the molecule is NS(=O)(=O)c1cc(F)c(OCCF)c(F)c1. The van der Waals surface area contributed by atoms with E-state index in [2.05, 4.69) is 9.88 Å². The van der Waals surface area contributed by atoms with Gasteiger partial charge in [-0.1, -0.05) is 0 Å². The van der Waals surface area contributed by atoms with E-state index in [0.717, 1.165) is 0 Å². The maximum absolute atomic E-state index is 13.2. The number of sulfonamides is 1. The van der Waals surface area contributed by atoms with Gasteiger partial charge >= 0.3 is 0 Å². The summed E-state index contributed by atoms with van der Waals surface area (Å²) in [5.74, 6) is -3.33. The minimum absolute atomic E-state index is 0.506. The Kier molecular flexibility index (Phi) is 3.76. The third-order valence-corrected chi connectivity index (χ3v) is 2.52. The fourth-order valence-electron chi connectivity index (χ4n) is 0.979. The number of hydrogen-bond acceptors (Lipinski definition) is 3. The zero-order chi connectivity index (χ0) is 12.3. The Labute approximate surface area is 89.9 Å². The number of benzene rings is 1. The molecule has 0 aliphatic heterocycles. The van der Waals surface area contributed by atoms with Gasteiger partial charge in [-0.15, -0.1) is 0 Å². The second kappa shape index (κ2) is 4.71. The first-order valence-corrected chi connectivity index (χ1v) is 5.61. The number of ether oxygens (including phenoxy) is 1. The molecule has 90 valence electrons. The van der Waals surface area contributed by atoms with Crippen LogP contribution in [0.4, 0.5) is 13.2 Å². The molecule has 0 atom stereocenters. The number of primary sulfonamides is 1. The van der Waals surface area contributed by atoms with E-state index in [1.165, 1.54) is 0 Å². The van der Waals surface area contributed by atoms with E-state index in [1.807, 2.05) is 0 Å². The fourth-order valence-corrected chi connectivity index (χ4v) is 1.51. The Morgan fingerprint density at radius 2 is 1.75 bits per heavy atom. The lowest BCUT2D eigenvalue weighted by atomic mass is 10.3. The molecule has 16 heavy (non-hydrogen) atoms. The highest BCUT2D eigenvalue weighted by Crippen LogP contribution is 2.24. The van der Waals surface area contributed by atoms with E-state index in [0.29, 0.717) is 12.1 Å². The molecule has 0 bridgehead atoms. The van der Waals surface area contributed by atoms with Crippen LogP contribution in [0.1, 0.15) is 0 Å². The molecule has 0 fully saturated rings. The molecule has 0 amide bonds. The van der Waals surface area contributed by atoms with Gasteiger partial charge in [-0.3, -0.25) is 0 Å². The predicted octanol–water partition coefficient (Wildman–Crippen LogP) is 0.961. The van der Waals surface area contributed by atoms with Crippen molar-refractivity contribution in [3.05, 3.63) is 23.8 Å². The number of halogens is 3. The third-order valence-electron chi connectivity index (χ3n) is 1.62. The van der Waals surface area contributed by atoms with E-state index in [9.17, 15) is 21.6 Å². The van der Waals surface area contributed by atoms with E-state index in [4.69, 9.17) is 0 Å². The van der Waals surface area contributed by atoms with Crippen molar-refractivity contribution in [3.63, 3.8) is 0 Å². The molecule has 1 aromatic carbocycles. The standard InChI is InChI=1S/C8H8F3NO3S/c9-1-2-15-8-6(10)3-5(4-7(8)11)16(12,13)14/h3-4H,1-2H2,(H2,12,13,14). The van der Waals surface area contributed by atoms with Gasteiger partial charge in [-0.25, -0.2) is 26.7 Å². The van der Waals surface area contributed by atoms with Crippen molar-refractivity contribution in [2.24, 2.45) is 5.14 Å². The maximum Gasteiger partial charge on any atom is 0.238 e. The van der Waals surface area contributed by atoms with Gasteiger partial charge in [0.2, 0.25) is 10.0 Å². The van der Waals surface area contributed by atoms with Crippen LogP contribution in [0.3, 0.4) is 0 Å². The van der Waals surface area contributed by atoms with Crippen LogP contribution < -0.4 is 9.88 Å². The van der Waals surface area contributed by atoms with Crippen molar-refractivity contribution in [2.75, 3.05) is 13.3 Å². The molecule has 1 rings (SSSR count). The van der Waals surface area contributed by atoms with Gasteiger partial charge in [-0.05, 0) is 12.1 Å². The predicted molar refractivity (Wildman–Crippen MR) is 49.2 cm³/mol. The van der Waals surface area contributed by atoms with E-state index in [-0.39, 0.29) is 0 Å². The van der Waals surface area contributed by atoms with Crippen molar-refractivity contribution >= 4 is 10.0 Å². The summed E-state index contributed by atoms with van der Waals surface area (Å²) in [6.07, 6.45) is 0. The molecular weight excluding hydrogens is 247 g/mol. The molecule has 8 heteroatoms. The monoisotopic (exact) mass is 255 g/mol. The lowest BCUT2D eigenvalue weighted by Gasteiger charge is -2.07. The fraction of sp³-hybridized carbons (Fsp3) is 0.250. The van der Waals surface area contributed by atoms with E-state index >= 15 is 0 Å². The lowest BCUT2D eigenvalue weighted by Crippen LogP contribution is -2.13. The highest BCUT2D eigenvalue weighted by atomic mass is 32.2. The van der Waals surface area contributed by atoms with Crippen LogP contribution in [0.15, 0.2) is 17.0 Å². The van der Waals surface area contributed by atoms with Gasteiger partial charge in [0.1, 0.15) is 13.3 Å². The summed E-state index contributed by atoms with van der Waals surface area (Å²) < 4.78 is 64.1. The molecule has 0 spiro atoms. The van der Waals surface area contributed by atoms with E-state index < -0.39 is 45.6 Å². The first kappa shape index (κ1) is 12.8. The van der Waals surface area contributed by atoms with Crippen LogP contribution in [0.2, 0.25) is 0 Å². The normalized spacial score (nSPS) is 11.5. The van der Waals surface area contributed by atoms with Crippen molar-refractivity contribution in [1.82, 2.24) is 0 Å². The Balaban J connectivity index is 3.18. The molecular formula is C8H8F3NO3S. The van der Waals surface area contributed by atoms with Crippen LogP contribution in [0, 0.1) is 11.6 Å². The minimum atomic E-state index is -4.19. The molecule has 2 N–H and O–H groups in total. The van der Waals surface area contributed by atoms with Crippen LogP contribution in [-0.2, 0) is 10.0 Å². The van der Waals surface area contributed by atoms with Gasteiger partial charge in [0.05, 0.1) is 4.90 Å². The average molecular weight is 255 g/mol. The molecule has 0 aliphatic rings. The maximum atomic E-state index is 13.2. The molecule has 0 aromatic heterocycles. The second-order valence-corrected chi connectivity index (χ2v) is 4.36. The molecule has 0 radical (unpaired) electrons. The van der Waals surface area contributed by atoms with Crippen molar-refractivity contribution in [3.8, 4) is 5.75 Å². The van der Waals surface area contributed by atoms with Crippen molar-refractivity contribution < 1.29 is 26.3 Å². The lowest BCUT2D eigenvalue weighted by molar-refractivity contribution is 0.250. The zero-order valence-corrected chi connectivity index (χ0v) is 8.73. The van der Waals surface area contributed by atoms with E-state index in [1.54, 1.807) is 0 Å². The molecule has 0 aliphatic carbocycles. The van der Waals surface area contributed by atoms with Crippen LogP contribution in [0.5, 0.6) is 5.75 Å². The quantitative estimate of drug-likeness (QED) is 0.871. The molecule has 1 aromatic rings. The van der Waals surface area contributed by atoms with Crippen LogP contribution >= 0.6 is 0 Å². The number of alkyl halides is 1. The minimum Gasteiger partial charge on any atom is -0.485 e. The van der Waals surface area contributed by atoms with Crippen molar-refractivity contribution in [1.29, 1.82) is 0 Å². The first-order valence-electron chi connectivity index (χ1n) is 4.07. The summed E-state index contributed by atoms with van der Waals surface area (Å²) in [5, 5.41) is 4.68. The Bertz CT molecular complexity index is 466. The number of hydrogen-bond donors (Lipinski definition) is 1. The van der Waals surface area contributed by atoms with Gasteiger partial charge < -0.3 is 4.74 Å². The highest BCUT2D eigenvalue weighted by Gasteiger charge is 2.17. The Hall–Kier alpha value is -1.28. The van der Waals surface area contributed by atoms with Gasteiger partial charge in [0.15, 0.2) is 17.4 Å². The second-order valence-electron chi connectivity index (χ2n) is 2.80. The summed E-state index contributed by atoms with van der Waals surface area (Å²) in [6, 6.07) is 1.01. The Morgan fingerprint density at radius 1 is 1.25 bits per heavy atom. The summed E-state index contributed by atoms with van der Waals surface area (Å²) in [6.45, 7) is -1.45. The molecule has 0 saturated heterocycles. The van der Waals surface area contributed by atoms with Gasteiger partial charge in [0, 0.05) is 0 Å². The smallest absolute Gasteiger partial charge is 0.238 e. The molecule has 0 heterocycles. The number of rotatable bonds is 4. The molecule has 0 saturated carbocycles. The number of nitrogens with two attached hydrogens (primary N) is 1. The largest absolute Gasteiger partial charge is 0.485 e. The van der Waals surface area contributed by atoms with Gasteiger partial charge in [-0.2, -0.15) is 0 Å². The summed E-state index contributed by atoms with van der Waals surface area (Å²) in [7, 11) is -4.19. The summed E-state index contributed by atoms with van der Waals surface area (Å²) in [4.78, 5) is -0.713.